The van der Waals surface area contributed by atoms with Crippen LogP contribution >= 0.6 is 24.0 Å². The van der Waals surface area contributed by atoms with Crippen LogP contribution in [0.15, 0.2) is 29.3 Å². The second-order valence-corrected chi connectivity index (χ2v) is 5.95. The number of aliphatic imine (C=N–C) groups is 1. The van der Waals surface area contributed by atoms with Gasteiger partial charge in [0.2, 0.25) is 0 Å². The Labute approximate surface area is 172 Å². The molecule has 1 aromatic carbocycles. The van der Waals surface area contributed by atoms with Crippen LogP contribution in [0, 0.1) is 0 Å². The highest BCUT2D eigenvalue weighted by Crippen LogP contribution is 2.29. The Morgan fingerprint density at radius 2 is 2.04 bits per heavy atom. The van der Waals surface area contributed by atoms with Gasteiger partial charge in [-0.25, -0.2) is 0 Å². The molecule has 1 aliphatic rings. The monoisotopic (exact) mass is 502 g/mol. The van der Waals surface area contributed by atoms with Crippen LogP contribution in [0.25, 0.3) is 0 Å². The van der Waals surface area contributed by atoms with Crippen LogP contribution in [0.4, 0.5) is 18.9 Å². The number of benzene rings is 1. The minimum atomic E-state index is -4.81. The van der Waals surface area contributed by atoms with E-state index in [1.807, 2.05) is 0 Å². The Bertz CT molecular complexity index is 671. The van der Waals surface area contributed by atoms with Gasteiger partial charge in [-0.05, 0) is 25.0 Å². The number of anilines is 1. The van der Waals surface area contributed by atoms with Gasteiger partial charge in [0.25, 0.3) is 5.91 Å². The van der Waals surface area contributed by atoms with Crippen molar-refractivity contribution in [3.8, 4) is 5.75 Å². The van der Waals surface area contributed by atoms with Gasteiger partial charge in [-0.3, -0.25) is 9.79 Å². The van der Waals surface area contributed by atoms with E-state index in [0.29, 0.717) is 12.8 Å². The smallest absolute Gasteiger partial charge is 0.404 e. The minimum Gasteiger partial charge on any atom is -0.404 e. The van der Waals surface area contributed by atoms with Crippen LogP contribution in [-0.4, -0.2) is 56.0 Å². The number of guanidine groups is 1. The molecule has 0 aromatic heterocycles. The van der Waals surface area contributed by atoms with E-state index < -0.39 is 18.2 Å². The van der Waals surface area contributed by atoms with Crippen molar-refractivity contribution in [2.45, 2.75) is 31.4 Å². The zero-order valence-corrected chi connectivity index (χ0v) is 17.2. The summed E-state index contributed by atoms with van der Waals surface area (Å²) in [4.78, 5) is 17.4. The number of carbonyl (C=O) groups is 1. The molecule has 0 spiro atoms. The van der Waals surface area contributed by atoms with E-state index in [0.717, 1.165) is 0 Å². The molecule has 1 heterocycles. The molecule has 2 atom stereocenters. The maximum absolute atomic E-state index is 12.4. The van der Waals surface area contributed by atoms with Gasteiger partial charge in [0.15, 0.2) is 11.7 Å². The average molecular weight is 502 g/mol. The fourth-order valence-electron chi connectivity index (χ4n) is 2.47. The lowest BCUT2D eigenvalue weighted by Gasteiger charge is -2.17. The van der Waals surface area contributed by atoms with Crippen LogP contribution in [0.2, 0.25) is 0 Å². The van der Waals surface area contributed by atoms with Crippen molar-refractivity contribution in [2.75, 3.05) is 26.0 Å². The molecule has 152 valence electrons. The molecule has 11 heteroatoms. The quantitative estimate of drug-likeness (QED) is 0.367. The maximum atomic E-state index is 12.4. The molecule has 0 aliphatic carbocycles. The number of nitrogens with two attached hydrogens (primary N) is 1. The van der Waals surface area contributed by atoms with Gasteiger partial charge in [-0.1, -0.05) is 12.1 Å². The number of nitrogens with zero attached hydrogens (tertiary/aromatic N) is 2. The third-order valence-electron chi connectivity index (χ3n) is 3.66. The van der Waals surface area contributed by atoms with E-state index in [1.165, 1.54) is 29.2 Å². The number of likely N-dealkylation sites (N-methyl/N-ethyl adjacent to an activating group) is 1. The minimum absolute atomic E-state index is 0. The molecular weight excluding hydrogens is 480 g/mol. The Morgan fingerprint density at radius 3 is 2.67 bits per heavy atom. The van der Waals surface area contributed by atoms with Crippen LogP contribution < -0.4 is 15.8 Å². The fraction of sp³-hybridized carbons (Fsp3) is 0.500. The van der Waals surface area contributed by atoms with Crippen molar-refractivity contribution >= 4 is 41.5 Å². The van der Waals surface area contributed by atoms with Crippen molar-refractivity contribution in [1.82, 2.24) is 4.90 Å². The van der Waals surface area contributed by atoms with Gasteiger partial charge in [-0.15, -0.1) is 37.1 Å². The van der Waals surface area contributed by atoms with Gasteiger partial charge in [0.1, 0.15) is 6.10 Å². The van der Waals surface area contributed by atoms with E-state index in [2.05, 4.69) is 15.0 Å². The number of halogens is 4. The molecule has 3 N–H and O–H groups in total. The summed E-state index contributed by atoms with van der Waals surface area (Å²) < 4.78 is 46.8. The first kappa shape index (κ1) is 23.3. The van der Waals surface area contributed by atoms with Gasteiger partial charge >= 0.3 is 6.36 Å². The van der Waals surface area contributed by atoms with Crippen LogP contribution in [-0.2, 0) is 9.53 Å². The van der Waals surface area contributed by atoms with Crippen LogP contribution in [0.3, 0.4) is 0 Å². The van der Waals surface area contributed by atoms with Gasteiger partial charge < -0.3 is 25.4 Å². The first-order valence-corrected chi connectivity index (χ1v) is 7.94. The second-order valence-electron chi connectivity index (χ2n) is 5.95. The Balaban J connectivity index is 0.00000364. The largest absolute Gasteiger partial charge is 0.573 e. The molecule has 2 rings (SSSR count). The topological polar surface area (TPSA) is 89.2 Å². The molecular formula is C16H22F3IN4O3. The maximum Gasteiger partial charge on any atom is 0.573 e. The standard InChI is InChI=1S/C16H21F3N4O3.HI/c1-23(2)14(24)13-8-7-10(25-13)9-21-15(20)22-11-5-3-4-6-12(11)26-16(17,18)19;/h3-6,10,13H,7-9H2,1-2H3,(H3,20,21,22);1H. The van der Waals surface area contributed by atoms with Crippen molar-refractivity contribution in [3.63, 3.8) is 0 Å². The first-order chi connectivity index (χ1) is 12.2. The molecule has 0 radical (unpaired) electrons. The Morgan fingerprint density at radius 1 is 1.37 bits per heavy atom. The number of para-hydroxylation sites is 2. The molecule has 1 aromatic rings. The van der Waals surface area contributed by atoms with E-state index in [9.17, 15) is 18.0 Å². The molecule has 1 saturated heterocycles. The van der Waals surface area contributed by atoms with Gasteiger partial charge in [0, 0.05) is 14.1 Å². The van der Waals surface area contributed by atoms with Crippen molar-refractivity contribution in [2.24, 2.45) is 10.7 Å². The van der Waals surface area contributed by atoms with Gasteiger partial charge in [0.05, 0.1) is 18.3 Å². The highest BCUT2D eigenvalue weighted by Gasteiger charge is 2.32. The molecule has 0 saturated carbocycles. The molecule has 0 bridgehead atoms. The van der Waals surface area contributed by atoms with Crippen LogP contribution in [0.1, 0.15) is 12.8 Å². The number of hydrogen-bond donors (Lipinski definition) is 2. The first-order valence-electron chi connectivity index (χ1n) is 7.94. The van der Waals surface area contributed by atoms with E-state index in [1.54, 1.807) is 14.1 Å². The number of alkyl halides is 3. The lowest BCUT2D eigenvalue weighted by atomic mass is 10.2. The molecule has 1 amide bonds. The zero-order chi connectivity index (χ0) is 19.3. The zero-order valence-electron chi connectivity index (χ0n) is 14.8. The summed E-state index contributed by atoms with van der Waals surface area (Å²) in [5.41, 5.74) is 5.77. The van der Waals surface area contributed by atoms with Crippen molar-refractivity contribution in [1.29, 1.82) is 0 Å². The summed E-state index contributed by atoms with van der Waals surface area (Å²) in [6.45, 7) is 0.193. The summed E-state index contributed by atoms with van der Waals surface area (Å²) in [6.07, 6.45) is -4.34. The molecule has 2 unspecified atom stereocenters. The van der Waals surface area contributed by atoms with Crippen molar-refractivity contribution < 1.29 is 27.4 Å². The summed E-state index contributed by atoms with van der Waals surface area (Å²) in [6, 6.07) is 5.51. The summed E-state index contributed by atoms with van der Waals surface area (Å²) >= 11 is 0. The molecule has 7 nitrogen and oxygen atoms in total. The van der Waals surface area contributed by atoms with Gasteiger partial charge in [-0.2, -0.15) is 0 Å². The third kappa shape index (κ3) is 7.40. The molecule has 1 fully saturated rings. The van der Waals surface area contributed by atoms with Crippen molar-refractivity contribution in [3.05, 3.63) is 24.3 Å². The summed E-state index contributed by atoms with van der Waals surface area (Å²) in [7, 11) is 3.30. The third-order valence-corrected chi connectivity index (χ3v) is 3.66. The molecule has 1 aliphatic heterocycles. The number of carbonyl (C=O) groups excluding carboxylic acids is 1. The highest BCUT2D eigenvalue weighted by atomic mass is 127. The second kappa shape index (κ2) is 9.97. The van der Waals surface area contributed by atoms with E-state index in [4.69, 9.17) is 10.5 Å². The number of ether oxygens (including phenoxy) is 2. The number of amides is 1. The molecule has 27 heavy (non-hydrogen) atoms. The van der Waals surface area contributed by atoms with Crippen LogP contribution in [0.5, 0.6) is 5.75 Å². The number of hydrogen-bond acceptors (Lipinski definition) is 4. The lowest BCUT2D eigenvalue weighted by molar-refractivity contribution is -0.274. The van der Waals surface area contributed by atoms with E-state index in [-0.39, 0.29) is 54.2 Å². The van der Waals surface area contributed by atoms with E-state index >= 15 is 0 Å². The average Bonchev–Trinajstić information content (AvgIpc) is 3.01. The predicted molar refractivity (Wildman–Crippen MR) is 105 cm³/mol. The summed E-state index contributed by atoms with van der Waals surface area (Å²) in [5.74, 6) is -0.595. The Kier molecular flexibility index (Phi) is 8.59. The summed E-state index contributed by atoms with van der Waals surface area (Å²) in [5, 5.41) is 2.58. The highest BCUT2D eigenvalue weighted by molar-refractivity contribution is 14.0. The number of rotatable bonds is 5. The Hall–Kier alpha value is -1.76. The predicted octanol–water partition coefficient (Wildman–Crippen LogP) is 2.57. The lowest BCUT2D eigenvalue weighted by Crippen LogP contribution is -2.34. The normalized spacial score (nSPS) is 20.0. The SMILES string of the molecule is CN(C)C(=O)C1CCC(CN=C(N)Nc2ccccc2OC(F)(F)F)O1.I. The fourth-order valence-corrected chi connectivity index (χ4v) is 2.47. The number of nitrogens with one attached hydrogen (secondary N) is 1.